The third kappa shape index (κ3) is 3.59. The van der Waals surface area contributed by atoms with Crippen LogP contribution in [0.1, 0.15) is 66.5 Å². The molecule has 5 aliphatic rings. The predicted octanol–water partition coefficient (Wildman–Crippen LogP) is 6.25. The lowest BCUT2D eigenvalue weighted by molar-refractivity contribution is -0.173. The van der Waals surface area contributed by atoms with E-state index < -0.39 is 18.3 Å². The number of rotatable bonds is 3. The fraction of sp³-hybridized carbons (Fsp3) is 0.500. The zero-order valence-corrected chi connectivity index (χ0v) is 19.8. The van der Waals surface area contributed by atoms with Crippen molar-refractivity contribution in [2.24, 2.45) is 23.7 Å². The van der Waals surface area contributed by atoms with E-state index in [1.165, 1.54) is 12.6 Å². The lowest BCUT2D eigenvalue weighted by Gasteiger charge is -2.54. The average Bonchev–Trinajstić information content (AvgIpc) is 3.28. The van der Waals surface area contributed by atoms with E-state index in [0.29, 0.717) is 11.8 Å². The highest BCUT2D eigenvalue weighted by molar-refractivity contribution is 5.99. The van der Waals surface area contributed by atoms with E-state index in [4.69, 9.17) is 0 Å². The van der Waals surface area contributed by atoms with Gasteiger partial charge in [0.25, 0.3) is 5.91 Å². The first-order valence-electron chi connectivity index (χ1n) is 13.0. The minimum absolute atomic E-state index is 0.110. The van der Waals surface area contributed by atoms with Crippen LogP contribution in [0.2, 0.25) is 0 Å². The molecular formula is C28H29F3N4O. The Morgan fingerprint density at radius 3 is 2.33 bits per heavy atom. The molecule has 1 amide bonds. The molecule has 0 spiro atoms. The molecule has 3 aromatic rings. The Labute approximate surface area is 207 Å². The van der Waals surface area contributed by atoms with Crippen LogP contribution in [-0.4, -0.2) is 27.9 Å². The number of halogens is 3. The van der Waals surface area contributed by atoms with E-state index in [9.17, 15) is 18.0 Å². The second-order valence-corrected chi connectivity index (χ2v) is 11.4. The van der Waals surface area contributed by atoms with Gasteiger partial charge in [-0.15, -0.1) is 0 Å². The molecule has 2 unspecified atom stereocenters. The molecule has 8 heteroatoms. The summed E-state index contributed by atoms with van der Waals surface area (Å²) in [5, 5.41) is 12.5. The number of aromatic nitrogens is 2. The van der Waals surface area contributed by atoms with Crippen molar-refractivity contribution in [2.45, 2.75) is 62.8 Å². The highest BCUT2D eigenvalue weighted by Crippen LogP contribution is 2.54. The molecule has 0 radical (unpaired) electrons. The number of anilines is 1. The van der Waals surface area contributed by atoms with Crippen molar-refractivity contribution in [3.05, 3.63) is 59.8 Å². The fourth-order valence-corrected chi connectivity index (χ4v) is 7.76. The molecular weight excluding hydrogens is 465 g/mol. The Bertz CT molecular complexity index is 1300. The molecule has 4 aliphatic carbocycles. The molecule has 2 heterocycles. The number of carbonyl (C=O) groups excluding carboxylic acids is 1. The van der Waals surface area contributed by atoms with Crippen molar-refractivity contribution in [2.75, 3.05) is 5.32 Å². The fourth-order valence-electron chi connectivity index (χ4n) is 7.76. The highest BCUT2D eigenvalue weighted by atomic mass is 19.4. The summed E-state index contributed by atoms with van der Waals surface area (Å²) in [6.07, 6.45) is 2.58. The van der Waals surface area contributed by atoms with E-state index in [2.05, 4.69) is 15.7 Å². The van der Waals surface area contributed by atoms with Crippen LogP contribution in [0.15, 0.2) is 48.7 Å². The van der Waals surface area contributed by atoms with Crippen LogP contribution >= 0.6 is 0 Å². The largest absolute Gasteiger partial charge is 0.410 e. The average molecular weight is 495 g/mol. The van der Waals surface area contributed by atoms with E-state index >= 15 is 0 Å². The minimum Gasteiger partial charge on any atom is -0.363 e. The number of alkyl halides is 3. The topological polar surface area (TPSA) is 59.0 Å². The standard InChI is InChI=1S/C28H29F3N4O/c29-28(30,31)24-13-23(19-6-5-17-3-1-2-4-18(17)12-19)33-26-22(14-32-35(24)26)27(36)34-25-20-8-15-7-16(10-20)11-21(25)9-15/h1-6,12,14-16,20-21,23-25,33H,7-11,13H2,(H,34,36). The summed E-state index contributed by atoms with van der Waals surface area (Å²) in [7, 11) is 0. The first-order chi connectivity index (χ1) is 17.3. The monoisotopic (exact) mass is 494 g/mol. The summed E-state index contributed by atoms with van der Waals surface area (Å²) < 4.78 is 43.4. The summed E-state index contributed by atoms with van der Waals surface area (Å²) >= 11 is 0. The molecule has 1 aliphatic heterocycles. The molecule has 1 aromatic heterocycles. The van der Waals surface area contributed by atoms with Crippen LogP contribution in [0.25, 0.3) is 10.8 Å². The molecule has 0 saturated heterocycles. The third-order valence-corrected chi connectivity index (χ3v) is 9.18. The van der Waals surface area contributed by atoms with Crippen molar-refractivity contribution in [3.63, 3.8) is 0 Å². The molecule has 5 nitrogen and oxygen atoms in total. The van der Waals surface area contributed by atoms with Crippen LogP contribution in [0.3, 0.4) is 0 Å². The molecule has 4 saturated carbocycles. The SMILES string of the molecule is O=C(NC1C2CC3CC(C2)CC1C3)c1cnn2c1NC(c1ccc3ccccc3c1)CC2C(F)(F)F. The van der Waals surface area contributed by atoms with Gasteiger partial charge in [-0.05, 0) is 78.2 Å². The lowest BCUT2D eigenvalue weighted by Crippen LogP contribution is -2.55. The molecule has 8 rings (SSSR count). The Kier molecular flexibility index (Phi) is 4.92. The van der Waals surface area contributed by atoms with Crippen LogP contribution < -0.4 is 10.6 Å². The molecule has 4 bridgehead atoms. The lowest BCUT2D eigenvalue weighted by atomic mass is 9.54. The van der Waals surface area contributed by atoms with Gasteiger partial charge in [0.15, 0.2) is 6.04 Å². The van der Waals surface area contributed by atoms with Gasteiger partial charge in [-0.2, -0.15) is 18.3 Å². The number of hydrogen-bond acceptors (Lipinski definition) is 3. The van der Waals surface area contributed by atoms with Crippen LogP contribution in [-0.2, 0) is 0 Å². The molecule has 2 N–H and O–H groups in total. The Balaban J connectivity index is 1.20. The number of nitrogens with one attached hydrogen (secondary N) is 2. The van der Waals surface area contributed by atoms with Gasteiger partial charge in [-0.3, -0.25) is 4.79 Å². The molecule has 2 atom stereocenters. The van der Waals surface area contributed by atoms with E-state index in [1.54, 1.807) is 0 Å². The van der Waals surface area contributed by atoms with Crippen LogP contribution in [0.4, 0.5) is 19.0 Å². The van der Waals surface area contributed by atoms with Gasteiger partial charge in [0.2, 0.25) is 0 Å². The maximum absolute atomic E-state index is 14.2. The second-order valence-electron chi connectivity index (χ2n) is 11.4. The van der Waals surface area contributed by atoms with Crippen molar-refractivity contribution in [1.29, 1.82) is 0 Å². The van der Waals surface area contributed by atoms with Crippen molar-refractivity contribution < 1.29 is 18.0 Å². The van der Waals surface area contributed by atoms with Gasteiger partial charge in [0.05, 0.1) is 12.2 Å². The first kappa shape index (κ1) is 22.2. The number of nitrogens with zero attached hydrogens (tertiary/aromatic N) is 2. The molecule has 36 heavy (non-hydrogen) atoms. The summed E-state index contributed by atoms with van der Waals surface area (Å²) in [6.45, 7) is 0. The Morgan fingerprint density at radius 2 is 1.64 bits per heavy atom. The second kappa shape index (κ2) is 7.98. The Morgan fingerprint density at radius 1 is 0.944 bits per heavy atom. The predicted molar refractivity (Wildman–Crippen MR) is 131 cm³/mol. The number of carbonyl (C=O) groups is 1. The normalized spacial score (nSPS) is 32.8. The summed E-state index contributed by atoms with van der Waals surface area (Å²) in [4.78, 5) is 13.5. The highest BCUT2D eigenvalue weighted by Gasteiger charge is 2.50. The van der Waals surface area contributed by atoms with Crippen LogP contribution in [0, 0.1) is 23.7 Å². The van der Waals surface area contributed by atoms with Crippen molar-refractivity contribution in [1.82, 2.24) is 15.1 Å². The zero-order valence-electron chi connectivity index (χ0n) is 19.8. The summed E-state index contributed by atoms with van der Waals surface area (Å²) in [6, 6.07) is 11.2. The smallest absolute Gasteiger partial charge is 0.363 e. The number of hydrogen-bond donors (Lipinski definition) is 2. The molecule has 4 fully saturated rings. The maximum atomic E-state index is 14.2. The molecule has 2 aromatic carbocycles. The first-order valence-corrected chi connectivity index (χ1v) is 13.0. The molecule has 188 valence electrons. The number of benzene rings is 2. The van der Waals surface area contributed by atoms with Crippen molar-refractivity contribution >= 4 is 22.5 Å². The van der Waals surface area contributed by atoms with Gasteiger partial charge < -0.3 is 10.6 Å². The van der Waals surface area contributed by atoms with E-state index in [1.807, 2.05) is 42.5 Å². The van der Waals surface area contributed by atoms with E-state index in [0.717, 1.165) is 58.5 Å². The van der Waals surface area contributed by atoms with E-state index in [-0.39, 0.29) is 29.8 Å². The zero-order chi connectivity index (χ0) is 24.6. The minimum atomic E-state index is -4.48. The quantitative estimate of drug-likeness (QED) is 0.452. The Hall–Kier alpha value is -3.03. The third-order valence-electron chi connectivity index (χ3n) is 9.18. The van der Waals surface area contributed by atoms with Crippen LogP contribution in [0.5, 0.6) is 0 Å². The van der Waals surface area contributed by atoms with Gasteiger partial charge in [0.1, 0.15) is 11.4 Å². The number of amides is 1. The van der Waals surface area contributed by atoms with Crippen molar-refractivity contribution in [3.8, 4) is 0 Å². The number of fused-ring (bicyclic) bond motifs is 2. The van der Waals surface area contributed by atoms with Gasteiger partial charge in [0, 0.05) is 12.5 Å². The summed E-state index contributed by atoms with van der Waals surface area (Å²) in [5.41, 5.74) is 0.964. The van der Waals surface area contributed by atoms with Gasteiger partial charge in [-0.25, -0.2) is 4.68 Å². The van der Waals surface area contributed by atoms with Gasteiger partial charge >= 0.3 is 6.18 Å². The van der Waals surface area contributed by atoms with Gasteiger partial charge in [-0.1, -0.05) is 36.4 Å². The summed E-state index contributed by atoms with van der Waals surface area (Å²) in [5.74, 6) is 2.36. The maximum Gasteiger partial charge on any atom is 0.410 e.